The van der Waals surface area contributed by atoms with Gasteiger partial charge in [0.2, 0.25) is 15.9 Å². The van der Waals surface area contributed by atoms with Crippen LogP contribution >= 0.6 is 11.3 Å². The lowest BCUT2D eigenvalue weighted by molar-refractivity contribution is -0.117. The van der Waals surface area contributed by atoms with Crippen molar-refractivity contribution >= 4 is 32.3 Å². The summed E-state index contributed by atoms with van der Waals surface area (Å²) in [6.07, 6.45) is 3.07. The van der Waals surface area contributed by atoms with Crippen LogP contribution in [0.3, 0.4) is 0 Å². The number of fused-ring (bicyclic) bond motifs is 1. The highest BCUT2D eigenvalue weighted by Gasteiger charge is 2.36. The summed E-state index contributed by atoms with van der Waals surface area (Å²) in [7, 11) is -3.59. The van der Waals surface area contributed by atoms with Gasteiger partial charge in [0, 0.05) is 23.8 Å². The average Bonchev–Trinajstić information content (AvgIpc) is 3.00. The smallest absolute Gasteiger partial charge is 0.228 e. The zero-order valence-electron chi connectivity index (χ0n) is 11.3. The van der Waals surface area contributed by atoms with Crippen LogP contribution in [-0.2, 0) is 27.7 Å². The van der Waals surface area contributed by atoms with Gasteiger partial charge in [0.1, 0.15) is 11.1 Å². The van der Waals surface area contributed by atoms with E-state index in [1.165, 1.54) is 16.2 Å². The Morgan fingerprint density at radius 1 is 1.43 bits per heavy atom. The van der Waals surface area contributed by atoms with Crippen molar-refractivity contribution in [3.63, 3.8) is 0 Å². The van der Waals surface area contributed by atoms with Crippen LogP contribution in [0.25, 0.3) is 0 Å². The van der Waals surface area contributed by atoms with Crippen molar-refractivity contribution in [3.05, 3.63) is 16.0 Å². The second-order valence-corrected chi connectivity index (χ2v) is 8.30. The minimum Gasteiger partial charge on any atom is -0.302 e. The van der Waals surface area contributed by atoms with E-state index < -0.39 is 10.0 Å². The molecule has 0 spiro atoms. The minimum absolute atomic E-state index is 0.125. The van der Waals surface area contributed by atoms with E-state index in [1.807, 2.05) is 0 Å². The van der Waals surface area contributed by atoms with Gasteiger partial charge in [0.05, 0.1) is 11.3 Å². The normalized spacial score (nSPS) is 21.6. The Morgan fingerprint density at radius 2 is 2.19 bits per heavy atom. The molecule has 1 aromatic heterocycles. The number of hydrogen-bond donors (Lipinski definition) is 1. The third-order valence-corrected chi connectivity index (χ3v) is 6.18. The topological polar surface area (TPSA) is 104 Å². The van der Waals surface area contributed by atoms with Gasteiger partial charge in [-0.2, -0.15) is 5.26 Å². The van der Waals surface area contributed by atoms with Crippen LogP contribution in [0.4, 0.5) is 5.00 Å². The Morgan fingerprint density at radius 3 is 2.86 bits per heavy atom. The van der Waals surface area contributed by atoms with E-state index in [9.17, 15) is 18.5 Å². The molecule has 0 bridgehead atoms. The predicted octanol–water partition coefficient (Wildman–Crippen LogP) is 0.750. The summed E-state index contributed by atoms with van der Waals surface area (Å²) in [5, 5.41) is 15.1. The van der Waals surface area contributed by atoms with Crippen molar-refractivity contribution < 1.29 is 13.2 Å². The Balaban J connectivity index is 1.89. The van der Waals surface area contributed by atoms with Crippen LogP contribution in [0.1, 0.15) is 28.8 Å². The highest BCUT2D eigenvalue weighted by Crippen LogP contribution is 2.42. The molecule has 0 aromatic carbocycles. The molecule has 2 N–H and O–H groups in total. The molecule has 1 aliphatic carbocycles. The van der Waals surface area contributed by atoms with E-state index >= 15 is 0 Å². The number of hydrogen-bond acceptors (Lipinski definition) is 5. The van der Waals surface area contributed by atoms with Gasteiger partial charge in [-0.1, -0.05) is 0 Å². The number of carbonyl (C=O) groups is 1. The summed E-state index contributed by atoms with van der Waals surface area (Å²) in [5.41, 5.74) is 1.66. The maximum absolute atomic E-state index is 12.2. The molecule has 0 radical (unpaired) electrons. The minimum atomic E-state index is -3.59. The molecular formula is C13H15N3O3S2. The van der Waals surface area contributed by atoms with Crippen LogP contribution in [0.5, 0.6) is 0 Å². The number of nitrogens with zero attached hydrogens (tertiary/aromatic N) is 2. The van der Waals surface area contributed by atoms with Crippen molar-refractivity contribution in [1.82, 2.24) is 0 Å². The number of carbonyl (C=O) groups excluding carboxylic acids is 1. The standard InChI is InChI=1S/C13H15N3O3S2/c14-5-10-9-2-1-3-11(9)20-13(10)16-6-8(4-12(16)17)7-21(15,18)19/h8H,1-4,6-7H2,(H2,15,18,19). The summed E-state index contributed by atoms with van der Waals surface area (Å²) >= 11 is 1.50. The van der Waals surface area contributed by atoms with Gasteiger partial charge in [0.15, 0.2) is 0 Å². The third kappa shape index (κ3) is 2.69. The van der Waals surface area contributed by atoms with Gasteiger partial charge in [0.25, 0.3) is 0 Å². The number of primary sulfonamides is 1. The second-order valence-electron chi connectivity index (χ2n) is 5.55. The van der Waals surface area contributed by atoms with Gasteiger partial charge in [-0.15, -0.1) is 11.3 Å². The summed E-state index contributed by atoms with van der Waals surface area (Å²) in [4.78, 5) is 14.9. The summed E-state index contributed by atoms with van der Waals surface area (Å²) < 4.78 is 22.3. The molecule has 1 atom stereocenters. The van der Waals surface area contributed by atoms with Crippen molar-refractivity contribution in [2.45, 2.75) is 25.7 Å². The molecule has 2 aliphatic rings. The van der Waals surface area contributed by atoms with E-state index in [1.54, 1.807) is 4.90 Å². The number of sulfonamides is 1. The summed E-state index contributed by atoms with van der Waals surface area (Å²) in [6, 6.07) is 2.21. The number of nitrogens with two attached hydrogens (primary N) is 1. The fraction of sp³-hybridized carbons (Fsp3) is 0.538. The van der Waals surface area contributed by atoms with E-state index in [4.69, 9.17) is 5.14 Å². The Bertz CT molecular complexity index is 745. The van der Waals surface area contributed by atoms with E-state index in [2.05, 4.69) is 6.07 Å². The van der Waals surface area contributed by atoms with Crippen LogP contribution in [0, 0.1) is 17.2 Å². The largest absolute Gasteiger partial charge is 0.302 e. The molecule has 2 heterocycles. The van der Waals surface area contributed by atoms with Crippen molar-refractivity contribution in [2.75, 3.05) is 17.2 Å². The monoisotopic (exact) mass is 325 g/mol. The maximum atomic E-state index is 12.2. The molecular weight excluding hydrogens is 310 g/mol. The number of nitriles is 1. The molecule has 21 heavy (non-hydrogen) atoms. The molecule has 0 saturated carbocycles. The van der Waals surface area contributed by atoms with Crippen LogP contribution < -0.4 is 10.0 Å². The zero-order valence-corrected chi connectivity index (χ0v) is 13.0. The number of thiophene rings is 1. The lowest BCUT2D eigenvalue weighted by Crippen LogP contribution is -2.27. The molecule has 1 fully saturated rings. The predicted molar refractivity (Wildman–Crippen MR) is 79.5 cm³/mol. The van der Waals surface area contributed by atoms with E-state index in [0.717, 1.165) is 24.8 Å². The van der Waals surface area contributed by atoms with E-state index in [0.29, 0.717) is 17.1 Å². The molecule has 3 rings (SSSR count). The van der Waals surface area contributed by atoms with Gasteiger partial charge in [-0.05, 0) is 24.8 Å². The Hall–Kier alpha value is -1.43. The lowest BCUT2D eigenvalue weighted by Gasteiger charge is -2.15. The fourth-order valence-corrected chi connectivity index (χ4v) is 5.36. The molecule has 1 saturated heterocycles. The number of rotatable bonds is 3. The lowest BCUT2D eigenvalue weighted by atomic mass is 10.1. The van der Waals surface area contributed by atoms with Crippen LogP contribution in [-0.4, -0.2) is 26.6 Å². The van der Waals surface area contributed by atoms with Crippen molar-refractivity contribution in [2.24, 2.45) is 11.1 Å². The van der Waals surface area contributed by atoms with Gasteiger partial charge in [-0.3, -0.25) is 4.79 Å². The number of amides is 1. The van der Waals surface area contributed by atoms with Gasteiger partial charge >= 0.3 is 0 Å². The summed E-state index contributed by atoms with van der Waals surface area (Å²) in [5.74, 6) is -0.613. The Kier molecular flexibility index (Phi) is 3.51. The fourth-order valence-electron chi connectivity index (χ4n) is 3.11. The molecule has 1 aromatic rings. The molecule has 112 valence electrons. The number of anilines is 1. The second kappa shape index (κ2) is 5.09. The van der Waals surface area contributed by atoms with Crippen LogP contribution in [0.2, 0.25) is 0 Å². The maximum Gasteiger partial charge on any atom is 0.228 e. The first kappa shape index (κ1) is 14.5. The third-order valence-electron chi connectivity index (χ3n) is 3.93. The first-order chi connectivity index (χ1) is 9.89. The first-order valence-electron chi connectivity index (χ1n) is 6.74. The average molecular weight is 325 g/mol. The highest BCUT2D eigenvalue weighted by molar-refractivity contribution is 7.89. The molecule has 1 amide bonds. The zero-order chi connectivity index (χ0) is 15.2. The first-order valence-corrected chi connectivity index (χ1v) is 9.27. The molecule has 6 nitrogen and oxygen atoms in total. The van der Waals surface area contributed by atoms with Gasteiger partial charge in [-0.25, -0.2) is 13.6 Å². The SMILES string of the molecule is N#Cc1c(N2CC(CS(N)(=O)=O)CC2=O)sc2c1CCC2. The molecule has 1 aliphatic heterocycles. The quantitative estimate of drug-likeness (QED) is 0.885. The van der Waals surface area contributed by atoms with Crippen molar-refractivity contribution in [3.8, 4) is 6.07 Å². The molecule has 8 heteroatoms. The number of aryl methyl sites for hydroxylation is 1. The van der Waals surface area contributed by atoms with Gasteiger partial charge < -0.3 is 4.90 Å². The summed E-state index contributed by atoms with van der Waals surface area (Å²) in [6.45, 7) is 0.323. The van der Waals surface area contributed by atoms with E-state index in [-0.39, 0.29) is 24.0 Å². The Labute approximate surface area is 127 Å². The van der Waals surface area contributed by atoms with Crippen molar-refractivity contribution in [1.29, 1.82) is 5.26 Å². The van der Waals surface area contributed by atoms with Crippen LogP contribution in [0.15, 0.2) is 0 Å². The highest BCUT2D eigenvalue weighted by atomic mass is 32.2. The molecule has 1 unspecified atom stereocenters.